The summed E-state index contributed by atoms with van der Waals surface area (Å²) in [5.74, 6) is -1.31. The number of nitrogens with one attached hydrogen (secondary N) is 1. The van der Waals surface area contributed by atoms with Crippen LogP contribution in [0, 0.1) is 13.8 Å². The maximum Gasteiger partial charge on any atom is 0.329 e. The fraction of sp³-hybridized carbons (Fsp3) is 0.538. The highest BCUT2D eigenvalue weighted by atomic mass is 32.1. The molecule has 0 aliphatic carbocycles. The first-order valence-corrected chi connectivity index (χ1v) is 6.74. The number of carboxylic acids is 1. The highest BCUT2D eigenvalue weighted by Crippen LogP contribution is 2.22. The van der Waals surface area contributed by atoms with Gasteiger partial charge in [-0.25, -0.2) is 4.79 Å². The molecule has 18 heavy (non-hydrogen) atoms. The number of aryl methyl sites for hydroxylation is 2. The van der Waals surface area contributed by atoms with Gasteiger partial charge in [0, 0.05) is 4.88 Å². The number of amides is 1. The molecule has 1 atom stereocenters. The number of carboxylic acid groups (broad SMARTS) is 1. The molecule has 0 spiro atoms. The van der Waals surface area contributed by atoms with Crippen molar-refractivity contribution >= 4 is 23.2 Å². The first-order chi connectivity index (χ1) is 8.30. The van der Waals surface area contributed by atoms with Crippen LogP contribution in [0.2, 0.25) is 0 Å². The third-order valence-corrected chi connectivity index (χ3v) is 4.15. The maximum atomic E-state index is 12.0. The van der Waals surface area contributed by atoms with Crippen molar-refractivity contribution in [2.75, 3.05) is 0 Å². The van der Waals surface area contributed by atoms with E-state index in [1.54, 1.807) is 13.0 Å². The van der Waals surface area contributed by atoms with Gasteiger partial charge < -0.3 is 10.4 Å². The molecule has 1 unspecified atom stereocenters. The molecule has 1 amide bonds. The molecule has 4 nitrogen and oxygen atoms in total. The maximum absolute atomic E-state index is 12.0. The molecule has 2 N–H and O–H groups in total. The summed E-state index contributed by atoms with van der Waals surface area (Å²) < 4.78 is 0. The van der Waals surface area contributed by atoms with Crippen LogP contribution in [0.5, 0.6) is 0 Å². The van der Waals surface area contributed by atoms with Crippen molar-refractivity contribution in [2.45, 2.75) is 46.1 Å². The van der Waals surface area contributed by atoms with Crippen LogP contribution in [0.1, 0.15) is 46.8 Å². The zero-order valence-corrected chi connectivity index (χ0v) is 12.0. The summed E-state index contributed by atoms with van der Waals surface area (Å²) in [6, 6.07) is 1.80. The predicted molar refractivity (Wildman–Crippen MR) is 72.2 cm³/mol. The lowest BCUT2D eigenvalue weighted by molar-refractivity contribution is -0.144. The van der Waals surface area contributed by atoms with E-state index in [2.05, 4.69) is 5.32 Å². The number of thiophene rings is 1. The van der Waals surface area contributed by atoms with Crippen molar-refractivity contribution in [3.05, 3.63) is 21.4 Å². The van der Waals surface area contributed by atoms with E-state index in [4.69, 9.17) is 0 Å². The van der Waals surface area contributed by atoms with Gasteiger partial charge in [-0.15, -0.1) is 11.3 Å². The van der Waals surface area contributed by atoms with E-state index in [0.717, 1.165) is 10.4 Å². The Balaban J connectivity index is 2.88. The van der Waals surface area contributed by atoms with E-state index in [1.165, 1.54) is 11.3 Å². The Morgan fingerprint density at radius 2 is 2.06 bits per heavy atom. The fourth-order valence-electron chi connectivity index (χ4n) is 1.72. The van der Waals surface area contributed by atoms with Gasteiger partial charge in [-0.2, -0.15) is 0 Å². The Morgan fingerprint density at radius 1 is 1.44 bits per heavy atom. The molecule has 0 aliphatic heterocycles. The molecule has 0 aromatic carbocycles. The summed E-state index contributed by atoms with van der Waals surface area (Å²) in [6.07, 6.45) is 1.11. The first kappa shape index (κ1) is 14.7. The molecule has 0 radical (unpaired) electrons. The van der Waals surface area contributed by atoms with Crippen LogP contribution in [0.4, 0.5) is 0 Å². The van der Waals surface area contributed by atoms with Gasteiger partial charge in [0.1, 0.15) is 5.54 Å². The number of hydrogen-bond acceptors (Lipinski definition) is 3. The van der Waals surface area contributed by atoms with Crippen molar-refractivity contribution in [2.24, 2.45) is 0 Å². The van der Waals surface area contributed by atoms with Gasteiger partial charge >= 0.3 is 5.97 Å². The Morgan fingerprint density at radius 3 is 2.44 bits per heavy atom. The quantitative estimate of drug-likeness (QED) is 0.863. The van der Waals surface area contributed by atoms with Gasteiger partial charge in [0.15, 0.2) is 0 Å². The van der Waals surface area contributed by atoms with E-state index in [0.29, 0.717) is 17.7 Å². The van der Waals surface area contributed by atoms with Gasteiger partial charge in [0.25, 0.3) is 5.91 Å². The van der Waals surface area contributed by atoms with Crippen molar-refractivity contribution in [1.82, 2.24) is 5.32 Å². The molecule has 1 aromatic rings. The third kappa shape index (κ3) is 3.10. The number of rotatable bonds is 5. The summed E-state index contributed by atoms with van der Waals surface area (Å²) in [6.45, 7) is 7.32. The average Bonchev–Trinajstić information content (AvgIpc) is 2.59. The minimum atomic E-state index is -1.20. The summed E-state index contributed by atoms with van der Waals surface area (Å²) in [4.78, 5) is 24.9. The molecule has 5 heteroatoms. The van der Waals surface area contributed by atoms with E-state index in [9.17, 15) is 14.7 Å². The topological polar surface area (TPSA) is 66.4 Å². The van der Waals surface area contributed by atoms with Crippen LogP contribution in [0.3, 0.4) is 0 Å². The normalized spacial score (nSPS) is 14.0. The fourth-order valence-corrected chi connectivity index (χ4v) is 2.65. The first-order valence-electron chi connectivity index (χ1n) is 5.93. The Hall–Kier alpha value is -1.36. The summed E-state index contributed by atoms with van der Waals surface area (Å²) in [7, 11) is 0. The molecule has 0 saturated heterocycles. The molecular formula is C13H19NO3S. The molecular weight excluding hydrogens is 250 g/mol. The average molecular weight is 269 g/mol. The summed E-state index contributed by atoms with van der Waals surface area (Å²) in [5, 5.41) is 11.8. The lowest BCUT2D eigenvalue weighted by atomic mass is 9.96. The summed E-state index contributed by atoms with van der Waals surface area (Å²) in [5.41, 5.74) is -0.143. The lowest BCUT2D eigenvalue weighted by Crippen LogP contribution is -2.51. The highest BCUT2D eigenvalue weighted by molar-refractivity contribution is 7.14. The highest BCUT2D eigenvalue weighted by Gasteiger charge is 2.34. The van der Waals surface area contributed by atoms with Crippen molar-refractivity contribution in [1.29, 1.82) is 0 Å². The number of aliphatic carboxylic acids is 1. The Labute approximate surface area is 111 Å². The minimum absolute atomic E-state index is 0.311. The smallest absolute Gasteiger partial charge is 0.329 e. The SMILES string of the molecule is CCCC(C)(NC(=O)c1cc(C)c(C)s1)C(=O)O. The van der Waals surface area contributed by atoms with Gasteiger partial charge in [-0.05, 0) is 38.8 Å². The van der Waals surface area contributed by atoms with Crippen molar-refractivity contribution in [3.63, 3.8) is 0 Å². The number of carbonyl (C=O) groups excluding carboxylic acids is 1. The second-order valence-electron chi connectivity index (χ2n) is 4.69. The molecule has 0 fully saturated rings. The third-order valence-electron chi connectivity index (χ3n) is 3.00. The van der Waals surface area contributed by atoms with E-state index >= 15 is 0 Å². The second kappa shape index (κ2) is 5.52. The molecule has 0 aliphatic rings. The molecule has 1 heterocycles. The van der Waals surface area contributed by atoms with Gasteiger partial charge in [0.05, 0.1) is 4.88 Å². The lowest BCUT2D eigenvalue weighted by Gasteiger charge is -2.25. The van der Waals surface area contributed by atoms with Crippen LogP contribution in [0.15, 0.2) is 6.07 Å². The molecule has 0 bridgehead atoms. The monoisotopic (exact) mass is 269 g/mol. The summed E-state index contributed by atoms with van der Waals surface area (Å²) >= 11 is 1.39. The predicted octanol–water partition coefficient (Wildman–Crippen LogP) is 2.74. The Kier molecular flexibility index (Phi) is 4.51. The molecule has 100 valence electrons. The zero-order chi connectivity index (χ0) is 13.9. The van der Waals surface area contributed by atoms with Crippen molar-refractivity contribution in [3.8, 4) is 0 Å². The van der Waals surface area contributed by atoms with E-state index in [-0.39, 0.29) is 5.91 Å². The van der Waals surface area contributed by atoms with Crippen LogP contribution >= 0.6 is 11.3 Å². The van der Waals surface area contributed by atoms with Crippen molar-refractivity contribution < 1.29 is 14.7 Å². The zero-order valence-electron chi connectivity index (χ0n) is 11.2. The van der Waals surface area contributed by atoms with E-state index in [1.807, 2.05) is 20.8 Å². The van der Waals surface area contributed by atoms with Gasteiger partial charge in [0.2, 0.25) is 0 Å². The second-order valence-corrected chi connectivity index (χ2v) is 5.95. The van der Waals surface area contributed by atoms with Crippen LogP contribution in [-0.4, -0.2) is 22.5 Å². The minimum Gasteiger partial charge on any atom is -0.480 e. The van der Waals surface area contributed by atoms with Crippen LogP contribution < -0.4 is 5.32 Å². The van der Waals surface area contributed by atoms with Crippen LogP contribution in [-0.2, 0) is 4.79 Å². The van der Waals surface area contributed by atoms with Gasteiger partial charge in [-0.3, -0.25) is 4.79 Å². The number of carbonyl (C=O) groups is 2. The van der Waals surface area contributed by atoms with Crippen LogP contribution in [0.25, 0.3) is 0 Å². The van der Waals surface area contributed by atoms with Gasteiger partial charge in [-0.1, -0.05) is 13.3 Å². The number of hydrogen-bond donors (Lipinski definition) is 2. The Bertz CT molecular complexity index is 447. The largest absolute Gasteiger partial charge is 0.480 e. The molecule has 0 saturated carbocycles. The molecule has 1 rings (SSSR count). The van der Waals surface area contributed by atoms with E-state index < -0.39 is 11.5 Å². The molecule has 1 aromatic heterocycles. The standard InChI is InChI=1S/C13H19NO3S/c1-5-6-13(4,12(16)17)14-11(15)10-7-8(2)9(3)18-10/h7H,5-6H2,1-4H3,(H,14,15)(H,16,17).